The van der Waals surface area contributed by atoms with Crippen LogP contribution in [0.1, 0.15) is 5.82 Å². The van der Waals surface area contributed by atoms with Crippen molar-refractivity contribution in [3.05, 3.63) is 28.5 Å². The van der Waals surface area contributed by atoms with Gasteiger partial charge in [0.2, 0.25) is 0 Å². The van der Waals surface area contributed by atoms with Crippen LogP contribution in [0.15, 0.2) is 22.7 Å². The highest BCUT2D eigenvalue weighted by atomic mass is 79.9. The summed E-state index contributed by atoms with van der Waals surface area (Å²) < 4.78 is 3.38. The summed E-state index contributed by atoms with van der Waals surface area (Å²) in [4.78, 5) is 4.63. The van der Waals surface area contributed by atoms with Crippen LogP contribution in [0.5, 0.6) is 0 Å². The third-order valence-corrected chi connectivity index (χ3v) is 6.74. The fraction of sp³-hybridized carbons (Fsp3) is 0.462. The van der Waals surface area contributed by atoms with Crippen LogP contribution in [0.4, 0.5) is 0 Å². The molecular formula is C13H14BrClN2S2. The monoisotopic (exact) mass is 376 g/mol. The molecular weight excluding hydrogens is 364 g/mol. The van der Waals surface area contributed by atoms with Crippen LogP contribution in [0.3, 0.4) is 0 Å². The number of alkyl halides is 1. The number of rotatable bonds is 3. The molecule has 0 radical (unpaired) electrons. The molecule has 0 aliphatic carbocycles. The summed E-state index contributed by atoms with van der Waals surface area (Å²) >= 11 is 13.7. The highest BCUT2D eigenvalue weighted by molar-refractivity contribution is 9.10. The summed E-state index contributed by atoms with van der Waals surface area (Å²) in [6, 6.07) is 6.22. The predicted octanol–water partition coefficient (Wildman–Crippen LogP) is 4.39. The molecule has 1 unspecified atom stereocenters. The van der Waals surface area contributed by atoms with Crippen molar-refractivity contribution < 1.29 is 0 Å². The number of fused-ring (bicyclic) bond motifs is 1. The lowest BCUT2D eigenvalue weighted by molar-refractivity contribution is 0.687. The van der Waals surface area contributed by atoms with Gasteiger partial charge in [-0.15, -0.1) is 11.6 Å². The molecule has 2 nitrogen and oxygen atoms in total. The molecule has 1 fully saturated rings. The smallest absolute Gasteiger partial charge is 0.124 e. The van der Waals surface area contributed by atoms with E-state index in [1.165, 1.54) is 22.8 Å². The molecule has 0 N–H and O–H groups in total. The molecule has 0 amide bonds. The van der Waals surface area contributed by atoms with Gasteiger partial charge in [-0.2, -0.15) is 23.5 Å². The molecule has 19 heavy (non-hydrogen) atoms. The topological polar surface area (TPSA) is 17.8 Å². The van der Waals surface area contributed by atoms with Gasteiger partial charge < -0.3 is 4.57 Å². The molecule has 1 atom stereocenters. The Labute approximate surface area is 134 Å². The zero-order chi connectivity index (χ0) is 13.2. The molecule has 1 aliphatic rings. The normalized spacial score (nSPS) is 20.0. The van der Waals surface area contributed by atoms with Crippen molar-refractivity contribution >= 4 is 62.1 Å². The Morgan fingerprint density at radius 3 is 3.05 bits per heavy atom. The number of aromatic nitrogens is 2. The minimum atomic E-state index is 0.469. The van der Waals surface area contributed by atoms with E-state index in [-0.39, 0.29) is 0 Å². The van der Waals surface area contributed by atoms with Gasteiger partial charge >= 0.3 is 0 Å². The van der Waals surface area contributed by atoms with Crippen molar-refractivity contribution in [1.82, 2.24) is 9.55 Å². The lowest BCUT2D eigenvalue weighted by Gasteiger charge is -2.22. The molecule has 6 heteroatoms. The number of nitrogens with zero attached hydrogens (tertiary/aromatic N) is 2. The average Bonchev–Trinajstić information content (AvgIpc) is 2.78. The number of halogens is 2. The molecule has 0 bridgehead atoms. The number of imidazole rings is 1. The predicted molar refractivity (Wildman–Crippen MR) is 90.6 cm³/mol. The van der Waals surface area contributed by atoms with Crippen LogP contribution in [0.25, 0.3) is 11.0 Å². The maximum Gasteiger partial charge on any atom is 0.124 e. The van der Waals surface area contributed by atoms with E-state index in [9.17, 15) is 0 Å². The fourth-order valence-electron chi connectivity index (χ4n) is 2.30. The minimum absolute atomic E-state index is 0.469. The maximum absolute atomic E-state index is 6.05. The van der Waals surface area contributed by atoms with Crippen LogP contribution in [-0.4, -0.2) is 32.1 Å². The van der Waals surface area contributed by atoms with Gasteiger partial charge in [-0.05, 0) is 18.2 Å². The van der Waals surface area contributed by atoms with Gasteiger partial charge in [0.25, 0.3) is 0 Å². The summed E-state index contributed by atoms with van der Waals surface area (Å²) in [6.45, 7) is 1.01. The summed E-state index contributed by atoms with van der Waals surface area (Å²) in [7, 11) is 0. The van der Waals surface area contributed by atoms with Crippen molar-refractivity contribution in [2.45, 2.75) is 17.7 Å². The molecule has 1 aromatic carbocycles. The fourth-order valence-corrected chi connectivity index (χ4v) is 5.50. The Morgan fingerprint density at radius 2 is 2.32 bits per heavy atom. The number of benzene rings is 1. The van der Waals surface area contributed by atoms with Crippen molar-refractivity contribution in [3.8, 4) is 0 Å². The molecule has 1 aliphatic heterocycles. The van der Waals surface area contributed by atoms with Crippen LogP contribution < -0.4 is 0 Å². The minimum Gasteiger partial charge on any atom is -0.326 e. The average molecular weight is 378 g/mol. The Bertz CT molecular complexity index is 581. The highest BCUT2D eigenvalue weighted by Gasteiger charge is 2.18. The van der Waals surface area contributed by atoms with Gasteiger partial charge in [0.15, 0.2) is 0 Å². The molecule has 1 saturated heterocycles. The first-order chi connectivity index (χ1) is 9.28. The van der Waals surface area contributed by atoms with E-state index in [1.54, 1.807) is 0 Å². The van der Waals surface area contributed by atoms with Crippen LogP contribution in [0, 0.1) is 0 Å². The van der Waals surface area contributed by atoms with Crippen LogP contribution in [0.2, 0.25) is 0 Å². The van der Waals surface area contributed by atoms with Crippen molar-refractivity contribution in [1.29, 1.82) is 0 Å². The van der Waals surface area contributed by atoms with E-state index < -0.39 is 0 Å². The first-order valence-electron chi connectivity index (χ1n) is 6.18. The highest BCUT2D eigenvalue weighted by Crippen LogP contribution is 2.28. The Hall–Kier alpha value is 0.160. The van der Waals surface area contributed by atoms with Gasteiger partial charge in [-0.3, -0.25) is 0 Å². The van der Waals surface area contributed by atoms with Gasteiger partial charge in [0.1, 0.15) is 5.82 Å². The standard InChI is InChI=1S/C13H14BrClN2S2/c14-9-1-2-11-12(5-9)17(13(6-15)16-11)7-10-8-18-3-4-19-10/h1-2,5,10H,3-4,6-8H2. The number of hydrogen-bond donors (Lipinski definition) is 0. The first kappa shape index (κ1) is 14.1. The van der Waals surface area contributed by atoms with E-state index in [4.69, 9.17) is 11.6 Å². The van der Waals surface area contributed by atoms with Gasteiger partial charge in [0, 0.05) is 33.5 Å². The van der Waals surface area contributed by atoms with E-state index in [0.29, 0.717) is 11.1 Å². The van der Waals surface area contributed by atoms with E-state index >= 15 is 0 Å². The molecule has 1 aromatic heterocycles. The molecule has 2 heterocycles. The molecule has 0 spiro atoms. The number of thioether (sulfide) groups is 2. The van der Waals surface area contributed by atoms with Crippen LogP contribution in [-0.2, 0) is 12.4 Å². The number of hydrogen-bond acceptors (Lipinski definition) is 3. The summed E-state index contributed by atoms with van der Waals surface area (Å²) in [5.41, 5.74) is 2.22. The second-order valence-electron chi connectivity index (χ2n) is 4.47. The van der Waals surface area contributed by atoms with Crippen LogP contribution >= 0.6 is 51.1 Å². The van der Waals surface area contributed by atoms with E-state index in [1.807, 2.05) is 6.07 Å². The van der Waals surface area contributed by atoms with E-state index in [0.717, 1.165) is 22.4 Å². The lowest BCUT2D eigenvalue weighted by Crippen LogP contribution is -2.21. The van der Waals surface area contributed by atoms with Crippen molar-refractivity contribution in [2.24, 2.45) is 0 Å². The second-order valence-corrected chi connectivity index (χ2v) is 8.21. The molecule has 2 aromatic rings. The quantitative estimate of drug-likeness (QED) is 0.739. The van der Waals surface area contributed by atoms with Crippen molar-refractivity contribution in [2.75, 3.05) is 17.3 Å². The third-order valence-electron chi connectivity index (χ3n) is 3.18. The summed E-state index contributed by atoms with van der Waals surface area (Å²) in [5, 5.41) is 0.664. The molecule has 3 rings (SSSR count). The van der Waals surface area contributed by atoms with Gasteiger partial charge in [-0.1, -0.05) is 15.9 Å². The zero-order valence-corrected chi connectivity index (χ0v) is 14.3. The second kappa shape index (κ2) is 6.29. The Morgan fingerprint density at radius 1 is 1.42 bits per heavy atom. The Kier molecular flexibility index (Phi) is 4.67. The molecule has 0 saturated carbocycles. The Balaban J connectivity index is 1.97. The first-order valence-corrected chi connectivity index (χ1v) is 9.71. The third kappa shape index (κ3) is 3.09. The lowest BCUT2D eigenvalue weighted by atomic mass is 10.3. The summed E-state index contributed by atoms with van der Waals surface area (Å²) in [6.07, 6.45) is 0. The van der Waals surface area contributed by atoms with Gasteiger partial charge in [-0.25, -0.2) is 4.98 Å². The zero-order valence-electron chi connectivity index (χ0n) is 10.3. The maximum atomic E-state index is 6.05. The largest absolute Gasteiger partial charge is 0.326 e. The van der Waals surface area contributed by atoms with Gasteiger partial charge in [0.05, 0.1) is 16.9 Å². The van der Waals surface area contributed by atoms with Crippen molar-refractivity contribution in [3.63, 3.8) is 0 Å². The summed E-state index contributed by atoms with van der Waals surface area (Å²) in [5.74, 6) is 5.20. The SMILES string of the molecule is ClCc1nc2ccc(Br)cc2n1CC1CSCCS1. The van der Waals surface area contributed by atoms with E-state index in [2.05, 4.69) is 61.1 Å². The molecule has 102 valence electrons.